The Morgan fingerprint density at radius 2 is 1.88 bits per heavy atom. The van der Waals surface area contributed by atoms with Gasteiger partial charge in [0.15, 0.2) is 0 Å². The van der Waals surface area contributed by atoms with Crippen LogP contribution in [0.3, 0.4) is 0 Å². The van der Waals surface area contributed by atoms with Gasteiger partial charge in [-0.1, -0.05) is 30.3 Å². The first kappa shape index (κ1) is 12.6. The van der Waals surface area contributed by atoms with Gasteiger partial charge in [0, 0.05) is 6.54 Å². The fourth-order valence-electron chi connectivity index (χ4n) is 2.52. The van der Waals surface area contributed by atoms with E-state index in [9.17, 15) is 5.11 Å². The van der Waals surface area contributed by atoms with Crippen LogP contribution >= 0.6 is 0 Å². The van der Waals surface area contributed by atoms with Crippen LogP contribution in [0.4, 0.5) is 0 Å². The highest BCUT2D eigenvalue weighted by atomic mass is 16.3. The van der Waals surface area contributed by atoms with E-state index < -0.39 is 6.10 Å². The molecule has 0 radical (unpaired) electrons. The Balaban J connectivity index is 2.13. The maximum Gasteiger partial charge on any atom is 0.0957 e. The minimum absolute atomic E-state index is 0.185. The van der Waals surface area contributed by atoms with Crippen LogP contribution in [0.2, 0.25) is 0 Å². The van der Waals surface area contributed by atoms with Crippen LogP contribution in [-0.2, 0) is 0 Å². The van der Waals surface area contributed by atoms with Crippen molar-refractivity contribution in [2.75, 3.05) is 33.7 Å². The minimum Gasteiger partial charge on any atom is -0.387 e. The zero-order valence-electron chi connectivity index (χ0n) is 10.7. The molecule has 0 saturated carbocycles. The Morgan fingerprint density at radius 3 is 2.59 bits per heavy atom. The molecule has 0 bridgehead atoms. The van der Waals surface area contributed by atoms with Crippen molar-refractivity contribution in [1.29, 1.82) is 0 Å². The fraction of sp³-hybridized carbons (Fsp3) is 0.571. The van der Waals surface area contributed by atoms with Crippen molar-refractivity contribution >= 4 is 0 Å². The van der Waals surface area contributed by atoms with Crippen molar-refractivity contribution < 1.29 is 5.11 Å². The lowest BCUT2D eigenvalue weighted by Gasteiger charge is -2.31. The summed E-state index contributed by atoms with van der Waals surface area (Å²) in [7, 11) is 4.24. The number of nitrogens with zero attached hydrogens (tertiary/aromatic N) is 2. The second-order valence-corrected chi connectivity index (χ2v) is 5.02. The zero-order valence-corrected chi connectivity index (χ0v) is 10.7. The van der Waals surface area contributed by atoms with E-state index in [1.165, 1.54) is 6.42 Å². The van der Waals surface area contributed by atoms with Gasteiger partial charge < -0.3 is 10.0 Å². The molecule has 94 valence electrons. The van der Waals surface area contributed by atoms with E-state index in [4.69, 9.17) is 0 Å². The Hall–Kier alpha value is -0.900. The van der Waals surface area contributed by atoms with Crippen molar-refractivity contribution in [3.8, 4) is 0 Å². The fourth-order valence-corrected chi connectivity index (χ4v) is 2.52. The second kappa shape index (κ2) is 5.63. The van der Waals surface area contributed by atoms with Gasteiger partial charge in [0.25, 0.3) is 0 Å². The molecule has 2 rings (SSSR count). The zero-order chi connectivity index (χ0) is 12.3. The first-order valence-corrected chi connectivity index (χ1v) is 6.30. The lowest BCUT2D eigenvalue weighted by atomic mass is 10.0. The molecule has 0 spiro atoms. The van der Waals surface area contributed by atoms with Crippen molar-refractivity contribution in [2.24, 2.45) is 0 Å². The quantitative estimate of drug-likeness (QED) is 0.837. The van der Waals surface area contributed by atoms with E-state index in [1.54, 1.807) is 0 Å². The van der Waals surface area contributed by atoms with Crippen molar-refractivity contribution in [3.63, 3.8) is 0 Å². The van der Waals surface area contributed by atoms with Crippen molar-refractivity contribution in [3.05, 3.63) is 35.9 Å². The third-order valence-electron chi connectivity index (χ3n) is 3.62. The normalized spacial score (nSPS) is 25.5. The van der Waals surface area contributed by atoms with Gasteiger partial charge in [0.2, 0.25) is 0 Å². The summed E-state index contributed by atoms with van der Waals surface area (Å²) in [6.45, 7) is 3.09. The van der Waals surface area contributed by atoms with Crippen LogP contribution in [0.1, 0.15) is 18.1 Å². The molecule has 1 aliphatic rings. The molecular formula is C14H22N2O. The van der Waals surface area contributed by atoms with Crippen LogP contribution in [0, 0.1) is 0 Å². The molecule has 1 fully saturated rings. The molecule has 1 saturated heterocycles. The predicted octanol–water partition coefficient (Wildman–Crippen LogP) is 1.36. The van der Waals surface area contributed by atoms with E-state index in [2.05, 4.69) is 23.9 Å². The topological polar surface area (TPSA) is 26.7 Å². The summed E-state index contributed by atoms with van der Waals surface area (Å²) >= 11 is 0. The summed E-state index contributed by atoms with van der Waals surface area (Å²) in [6, 6.07) is 10.1. The Kier molecular flexibility index (Phi) is 4.15. The van der Waals surface area contributed by atoms with Gasteiger partial charge in [-0.15, -0.1) is 0 Å². The smallest absolute Gasteiger partial charge is 0.0957 e. The van der Waals surface area contributed by atoms with Crippen LogP contribution in [-0.4, -0.2) is 54.7 Å². The van der Waals surface area contributed by atoms with E-state index in [-0.39, 0.29) is 6.04 Å². The molecule has 2 atom stereocenters. The number of rotatable bonds is 2. The molecule has 3 nitrogen and oxygen atoms in total. The summed E-state index contributed by atoms with van der Waals surface area (Å²) in [5.41, 5.74) is 1.01. The predicted molar refractivity (Wildman–Crippen MR) is 69.9 cm³/mol. The summed E-state index contributed by atoms with van der Waals surface area (Å²) in [6.07, 6.45) is 0.770. The number of hydrogen-bond donors (Lipinski definition) is 1. The van der Waals surface area contributed by atoms with Gasteiger partial charge in [0.05, 0.1) is 12.1 Å². The molecule has 0 aromatic heterocycles. The lowest BCUT2D eigenvalue weighted by molar-refractivity contribution is 0.0572. The van der Waals surface area contributed by atoms with Crippen LogP contribution in [0.5, 0.6) is 0 Å². The number of aliphatic hydroxyl groups is 1. The standard InChI is InChI=1S/C14H22N2O/c1-15-9-6-10-16(2)13(11-15)14(17)12-7-4-3-5-8-12/h3-5,7-8,13-14,17H,6,9-11H2,1-2H3. The first-order chi connectivity index (χ1) is 8.18. The monoisotopic (exact) mass is 234 g/mol. The molecule has 17 heavy (non-hydrogen) atoms. The number of benzene rings is 1. The van der Waals surface area contributed by atoms with Gasteiger partial charge in [-0.2, -0.15) is 0 Å². The molecule has 1 aliphatic heterocycles. The maximum atomic E-state index is 10.5. The number of aliphatic hydroxyl groups excluding tert-OH is 1. The third kappa shape index (κ3) is 3.06. The summed E-state index contributed by atoms with van der Waals surface area (Å²) in [4.78, 5) is 4.58. The summed E-state index contributed by atoms with van der Waals surface area (Å²) < 4.78 is 0. The SMILES string of the molecule is CN1CCCN(C)C(C(O)c2ccccc2)C1. The largest absolute Gasteiger partial charge is 0.387 e. The minimum atomic E-state index is -0.401. The molecular weight excluding hydrogens is 212 g/mol. The first-order valence-electron chi connectivity index (χ1n) is 6.30. The Bertz CT molecular complexity index is 341. The van der Waals surface area contributed by atoms with Crippen LogP contribution < -0.4 is 0 Å². The highest BCUT2D eigenvalue weighted by molar-refractivity contribution is 5.19. The molecule has 1 heterocycles. The van der Waals surface area contributed by atoms with Gasteiger partial charge in [-0.3, -0.25) is 4.90 Å². The van der Waals surface area contributed by atoms with Crippen molar-refractivity contribution in [1.82, 2.24) is 9.80 Å². The number of hydrogen-bond acceptors (Lipinski definition) is 3. The summed E-state index contributed by atoms with van der Waals surface area (Å²) in [5, 5.41) is 10.5. The second-order valence-electron chi connectivity index (χ2n) is 5.02. The molecule has 2 unspecified atom stereocenters. The lowest BCUT2D eigenvalue weighted by Crippen LogP contribution is -2.42. The number of likely N-dealkylation sites (N-methyl/N-ethyl adjacent to an activating group) is 2. The Morgan fingerprint density at radius 1 is 1.18 bits per heavy atom. The molecule has 1 aromatic carbocycles. The molecule has 0 amide bonds. The molecule has 0 aliphatic carbocycles. The average Bonchev–Trinajstić information content (AvgIpc) is 2.51. The van der Waals surface area contributed by atoms with Crippen molar-refractivity contribution in [2.45, 2.75) is 18.6 Å². The average molecular weight is 234 g/mol. The van der Waals surface area contributed by atoms with Gasteiger partial charge in [0.1, 0.15) is 0 Å². The highest BCUT2D eigenvalue weighted by Gasteiger charge is 2.27. The van der Waals surface area contributed by atoms with Crippen LogP contribution in [0.25, 0.3) is 0 Å². The molecule has 1 aromatic rings. The summed E-state index contributed by atoms with van der Waals surface area (Å²) in [5.74, 6) is 0. The molecule has 3 heteroatoms. The van der Waals surface area contributed by atoms with E-state index >= 15 is 0 Å². The maximum absolute atomic E-state index is 10.5. The Labute approximate surface area is 104 Å². The molecule has 1 N–H and O–H groups in total. The van der Waals surface area contributed by atoms with Crippen LogP contribution in [0.15, 0.2) is 30.3 Å². The van der Waals surface area contributed by atoms with Gasteiger partial charge in [-0.25, -0.2) is 0 Å². The van der Waals surface area contributed by atoms with E-state index in [1.807, 2.05) is 30.3 Å². The van der Waals surface area contributed by atoms with Gasteiger partial charge >= 0.3 is 0 Å². The van der Waals surface area contributed by atoms with Gasteiger partial charge in [-0.05, 0) is 39.2 Å². The van der Waals surface area contributed by atoms with E-state index in [0.717, 1.165) is 25.2 Å². The highest BCUT2D eigenvalue weighted by Crippen LogP contribution is 2.22. The van der Waals surface area contributed by atoms with E-state index in [0.29, 0.717) is 0 Å². The third-order valence-corrected chi connectivity index (χ3v) is 3.62.